The van der Waals surface area contributed by atoms with Gasteiger partial charge in [-0.15, -0.1) is 0 Å². The number of urea groups is 1. The number of primary amides is 1. The van der Waals surface area contributed by atoms with Crippen molar-refractivity contribution in [1.82, 2.24) is 10.2 Å². The summed E-state index contributed by atoms with van der Waals surface area (Å²) in [4.78, 5) is 23.5. The van der Waals surface area contributed by atoms with E-state index in [-0.39, 0.29) is 18.6 Å². The Bertz CT molecular complexity index is 255. The van der Waals surface area contributed by atoms with E-state index in [9.17, 15) is 14.7 Å². The van der Waals surface area contributed by atoms with E-state index in [1.54, 1.807) is 6.92 Å². The van der Waals surface area contributed by atoms with Crippen molar-refractivity contribution in [3.8, 4) is 0 Å². The number of nitrogens with one attached hydrogen (secondary N) is 1. The molecule has 0 bridgehead atoms. The lowest BCUT2D eigenvalue weighted by Crippen LogP contribution is -2.41. The van der Waals surface area contributed by atoms with Gasteiger partial charge in [0.25, 0.3) is 0 Å². The molecule has 6 nitrogen and oxygen atoms in total. The molecule has 0 spiro atoms. The van der Waals surface area contributed by atoms with Crippen LogP contribution < -0.4 is 11.1 Å². The lowest BCUT2D eigenvalue weighted by Gasteiger charge is -2.16. The average Bonchev–Trinajstić information content (AvgIpc) is 2.50. The van der Waals surface area contributed by atoms with Crippen molar-refractivity contribution in [2.24, 2.45) is 11.7 Å². The van der Waals surface area contributed by atoms with Crippen LogP contribution in [0.25, 0.3) is 0 Å². The Hall–Kier alpha value is -1.14. The minimum Gasteiger partial charge on any atom is -0.393 e. The molecular weight excluding hydrogens is 198 g/mol. The summed E-state index contributed by atoms with van der Waals surface area (Å²) in [6.07, 6.45) is 0.524. The van der Waals surface area contributed by atoms with Gasteiger partial charge in [-0.25, -0.2) is 4.79 Å². The lowest BCUT2D eigenvalue weighted by molar-refractivity contribution is -0.120. The molecule has 0 radical (unpaired) electrons. The van der Waals surface area contributed by atoms with Crippen LogP contribution >= 0.6 is 0 Å². The molecule has 3 amide bonds. The summed E-state index contributed by atoms with van der Waals surface area (Å²) in [7, 11) is 0. The Morgan fingerprint density at radius 1 is 1.67 bits per heavy atom. The number of hydrogen-bond donors (Lipinski definition) is 3. The molecule has 86 valence electrons. The summed E-state index contributed by atoms with van der Waals surface area (Å²) < 4.78 is 0. The number of nitrogens with two attached hydrogens (primary N) is 1. The van der Waals surface area contributed by atoms with Crippen LogP contribution in [0.15, 0.2) is 0 Å². The van der Waals surface area contributed by atoms with Crippen LogP contribution in [0.1, 0.15) is 13.3 Å². The normalized spacial score (nSPS) is 23.7. The zero-order valence-corrected chi connectivity index (χ0v) is 8.77. The summed E-state index contributed by atoms with van der Waals surface area (Å²) in [5.41, 5.74) is 4.81. The third kappa shape index (κ3) is 3.85. The number of amides is 3. The molecule has 4 N–H and O–H groups in total. The van der Waals surface area contributed by atoms with Gasteiger partial charge in [0.2, 0.25) is 5.91 Å². The molecule has 0 aromatic heterocycles. The fraction of sp³-hybridized carbons (Fsp3) is 0.778. The lowest BCUT2D eigenvalue weighted by atomic mass is 10.0. The van der Waals surface area contributed by atoms with Crippen LogP contribution in [0.5, 0.6) is 0 Å². The Labute approximate surface area is 88.4 Å². The third-order valence-electron chi connectivity index (χ3n) is 2.62. The number of hydrogen-bond acceptors (Lipinski definition) is 4. The van der Waals surface area contributed by atoms with E-state index >= 15 is 0 Å². The topological polar surface area (TPSA) is 95.7 Å². The van der Waals surface area contributed by atoms with E-state index < -0.39 is 11.9 Å². The zero-order chi connectivity index (χ0) is 11.4. The molecule has 0 aromatic carbocycles. The fourth-order valence-electron chi connectivity index (χ4n) is 1.78. The Balaban J connectivity index is 2.29. The van der Waals surface area contributed by atoms with E-state index in [0.29, 0.717) is 6.54 Å². The van der Waals surface area contributed by atoms with Crippen molar-refractivity contribution in [1.29, 1.82) is 0 Å². The standard InChI is InChI=1S/C9H17N3O3/c1-6(13)7-2-3-12(4-7)5-8(14)11-9(10)15/h6-7,13H,2-5H2,1H3,(H3,10,11,14,15). The van der Waals surface area contributed by atoms with E-state index in [4.69, 9.17) is 5.73 Å². The van der Waals surface area contributed by atoms with Gasteiger partial charge in [-0.05, 0) is 25.8 Å². The minimum atomic E-state index is -0.828. The SMILES string of the molecule is CC(O)C1CCN(CC(=O)NC(N)=O)C1. The molecule has 6 heteroatoms. The van der Waals surface area contributed by atoms with Gasteiger partial charge in [0.15, 0.2) is 0 Å². The molecule has 1 heterocycles. The third-order valence-corrected chi connectivity index (χ3v) is 2.62. The number of carbonyl (C=O) groups excluding carboxylic acids is 2. The quantitative estimate of drug-likeness (QED) is 0.556. The molecule has 1 aliphatic heterocycles. The number of nitrogens with zero attached hydrogens (tertiary/aromatic N) is 1. The molecule has 1 fully saturated rings. The number of rotatable bonds is 3. The molecule has 1 rings (SSSR count). The first kappa shape index (κ1) is 11.9. The molecular formula is C9H17N3O3. The predicted molar refractivity (Wildman–Crippen MR) is 54.0 cm³/mol. The summed E-state index contributed by atoms with van der Waals surface area (Å²) in [5.74, 6) is -0.180. The van der Waals surface area contributed by atoms with Crippen molar-refractivity contribution in [2.75, 3.05) is 19.6 Å². The monoisotopic (exact) mass is 215 g/mol. The van der Waals surface area contributed by atoms with E-state index in [2.05, 4.69) is 0 Å². The molecule has 0 aromatic rings. The highest BCUT2D eigenvalue weighted by atomic mass is 16.3. The van der Waals surface area contributed by atoms with Crippen LogP contribution in [0, 0.1) is 5.92 Å². The van der Waals surface area contributed by atoms with E-state index in [0.717, 1.165) is 13.0 Å². The number of aliphatic hydroxyl groups excluding tert-OH is 1. The highest BCUT2D eigenvalue weighted by Gasteiger charge is 2.27. The Morgan fingerprint density at radius 3 is 2.80 bits per heavy atom. The highest BCUT2D eigenvalue weighted by molar-refractivity contribution is 5.94. The first-order valence-corrected chi connectivity index (χ1v) is 4.98. The summed E-state index contributed by atoms with van der Waals surface area (Å²) in [6, 6.07) is -0.828. The first-order chi connectivity index (χ1) is 6.99. The van der Waals surface area contributed by atoms with Crippen LogP contribution in [-0.2, 0) is 4.79 Å². The van der Waals surface area contributed by atoms with Gasteiger partial charge in [0.1, 0.15) is 0 Å². The Kier molecular flexibility index (Phi) is 4.05. The smallest absolute Gasteiger partial charge is 0.318 e. The van der Waals surface area contributed by atoms with Crippen LogP contribution in [0.3, 0.4) is 0 Å². The van der Waals surface area contributed by atoms with Crippen molar-refractivity contribution in [2.45, 2.75) is 19.4 Å². The zero-order valence-electron chi connectivity index (χ0n) is 8.77. The average molecular weight is 215 g/mol. The maximum atomic E-state index is 11.2. The van der Waals surface area contributed by atoms with Gasteiger partial charge >= 0.3 is 6.03 Å². The van der Waals surface area contributed by atoms with Crippen LogP contribution in [0.4, 0.5) is 4.79 Å². The van der Waals surface area contributed by atoms with E-state index in [1.165, 1.54) is 0 Å². The van der Waals surface area contributed by atoms with Crippen LogP contribution in [0.2, 0.25) is 0 Å². The first-order valence-electron chi connectivity index (χ1n) is 4.98. The molecule has 1 saturated heterocycles. The number of aliphatic hydroxyl groups is 1. The highest BCUT2D eigenvalue weighted by Crippen LogP contribution is 2.18. The van der Waals surface area contributed by atoms with Gasteiger partial charge < -0.3 is 10.8 Å². The predicted octanol–water partition coefficient (Wildman–Crippen LogP) is -1.12. The van der Waals surface area contributed by atoms with Gasteiger partial charge in [0.05, 0.1) is 12.6 Å². The fourth-order valence-corrected chi connectivity index (χ4v) is 1.78. The second-order valence-electron chi connectivity index (χ2n) is 3.94. The number of likely N-dealkylation sites (tertiary alicyclic amines) is 1. The van der Waals surface area contributed by atoms with Crippen molar-refractivity contribution < 1.29 is 14.7 Å². The van der Waals surface area contributed by atoms with Crippen molar-refractivity contribution in [3.63, 3.8) is 0 Å². The van der Waals surface area contributed by atoms with Gasteiger partial charge in [-0.2, -0.15) is 0 Å². The summed E-state index contributed by atoms with van der Waals surface area (Å²) in [6.45, 7) is 3.36. The Morgan fingerprint density at radius 2 is 2.33 bits per heavy atom. The van der Waals surface area contributed by atoms with Crippen molar-refractivity contribution in [3.05, 3.63) is 0 Å². The number of carbonyl (C=O) groups is 2. The van der Waals surface area contributed by atoms with Gasteiger partial charge in [-0.3, -0.25) is 15.0 Å². The molecule has 1 aliphatic rings. The molecule has 15 heavy (non-hydrogen) atoms. The number of imide groups is 1. The maximum absolute atomic E-state index is 11.2. The van der Waals surface area contributed by atoms with Gasteiger partial charge in [0, 0.05) is 6.54 Å². The largest absolute Gasteiger partial charge is 0.393 e. The molecule has 2 atom stereocenters. The molecule has 0 aliphatic carbocycles. The van der Waals surface area contributed by atoms with Gasteiger partial charge in [-0.1, -0.05) is 0 Å². The molecule has 0 saturated carbocycles. The maximum Gasteiger partial charge on any atom is 0.318 e. The minimum absolute atomic E-state index is 0.159. The summed E-state index contributed by atoms with van der Waals surface area (Å²) >= 11 is 0. The van der Waals surface area contributed by atoms with E-state index in [1.807, 2.05) is 10.2 Å². The second kappa shape index (κ2) is 5.09. The summed E-state index contributed by atoms with van der Waals surface area (Å²) in [5, 5.41) is 11.4. The van der Waals surface area contributed by atoms with Crippen LogP contribution in [-0.4, -0.2) is 47.7 Å². The second-order valence-corrected chi connectivity index (χ2v) is 3.94. The molecule has 2 unspecified atom stereocenters. The van der Waals surface area contributed by atoms with Crippen molar-refractivity contribution >= 4 is 11.9 Å².